The van der Waals surface area contributed by atoms with Gasteiger partial charge in [0.2, 0.25) is 0 Å². The van der Waals surface area contributed by atoms with Crippen LogP contribution in [0.15, 0.2) is 12.1 Å². The maximum Gasteiger partial charge on any atom is 0.125 e. The predicted molar refractivity (Wildman–Crippen MR) is 72.0 cm³/mol. The van der Waals surface area contributed by atoms with Crippen LogP contribution in [0.4, 0.5) is 0 Å². The van der Waals surface area contributed by atoms with Gasteiger partial charge in [0.25, 0.3) is 0 Å². The molecule has 0 saturated carbocycles. The van der Waals surface area contributed by atoms with Crippen LogP contribution in [0.5, 0.6) is 5.75 Å². The van der Waals surface area contributed by atoms with E-state index in [0.29, 0.717) is 12.0 Å². The minimum Gasteiger partial charge on any atom is -0.493 e. The van der Waals surface area contributed by atoms with Crippen LogP contribution in [0, 0.1) is 5.92 Å². The number of hydrogen-bond acceptors (Lipinski definition) is 2. The molecule has 0 radical (unpaired) electrons. The van der Waals surface area contributed by atoms with Crippen LogP contribution in [-0.4, -0.2) is 19.7 Å². The van der Waals surface area contributed by atoms with Crippen LogP contribution in [0.1, 0.15) is 25.0 Å². The van der Waals surface area contributed by atoms with Crippen molar-refractivity contribution in [3.8, 4) is 5.75 Å². The van der Waals surface area contributed by atoms with Gasteiger partial charge in [-0.2, -0.15) is 0 Å². The molecule has 0 fully saturated rings. The summed E-state index contributed by atoms with van der Waals surface area (Å²) in [5.41, 5.74) is 2.51. The van der Waals surface area contributed by atoms with E-state index in [-0.39, 0.29) is 0 Å². The fourth-order valence-corrected chi connectivity index (χ4v) is 2.57. The predicted octanol–water partition coefficient (Wildman–Crippen LogP) is 3.06. The Morgan fingerprint density at radius 3 is 2.88 bits per heavy atom. The van der Waals surface area contributed by atoms with E-state index in [1.165, 1.54) is 11.1 Å². The number of halogens is 1. The normalized spacial score (nSPS) is 17.4. The summed E-state index contributed by atoms with van der Waals surface area (Å²) in [5.74, 6) is 1.64. The van der Waals surface area contributed by atoms with Crippen molar-refractivity contribution >= 4 is 11.6 Å². The lowest BCUT2D eigenvalue weighted by atomic mass is 9.93. The van der Waals surface area contributed by atoms with Crippen molar-refractivity contribution in [2.24, 2.45) is 5.92 Å². The topological polar surface area (TPSA) is 21.3 Å². The van der Waals surface area contributed by atoms with Gasteiger partial charge in [0, 0.05) is 17.5 Å². The standard InChI is InChI=1S/C14H20ClNO/c1-9(10(2)16-3)6-12-8-13(15)7-11-4-5-17-14(11)12/h7-10,16H,4-6H2,1-3H3. The molecule has 0 aromatic heterocycles. The van der Waals surface area contributed by atoms with Crippen molar-refractivity contribution in [1.82, 2.24) is 5.32 Å². The third kappa shape index (κ3) is 2.75. The Bertz CT molecular complexity index is 405. The van der Waals surface area contributed by atoms with Gasteiger partial charge in [0.05, 0.1) is 6.61 Å². The molecule has 3 heteroatoms. The van der Waals surface area contributed by atoms with E-state index in [2.05, 4.69) is 19.2 Å². The zero-order valence-corrected chi connectivity index (χ0v) is 11.5. The van der Waals surface area contributed by atoms with Crippen molar-refractivity contribution in [2.75, 3.05) is 13.7 Å². The minimum absolute atomic E-state index is 0.492. The van der Waals surface area contributed by atoms with Crippen molar-refractivity contribution in [1.29, 1.82) is 0 Å². The SMILES string of the molecule is CNC(C)C(C)Cc1cc(Cl)cc2c1OCC2. The molecular weight excluding hydrogens is 234 g/mol. The Hall–Kier alpha value is -0.730. The second-order valence-electron chi connectivity index (χ2n) is 4.91. The van der Waals surface area contributed by atoms with Crippen LogP contribution in [-0.2, 0) is 12.8 Å². The quantitative estimate of drug-likeness (QED) is 0.891. The molecule has 2 unspecified atom stereocenters. The van der Waals surface area contributed by atoms with Gasteiger partial charge >= 0.3 is 0 Å². The summed E-state index contributed by atoms with van der Waals surface area (Å²) in [5, 5.41) is 4.12. The summed E-state index contributed by atoms with van der Waals surface area (Å²) in [6.45, 7) is 5.25. The molecule has 1 aliphatic heterocycles. The fraction of sp³-hybridized carbons (Fsp3) is 0.571. The van der Waals surface area contributed by atoms with Gasteiger partial charge in [-0.15, -0.1) is 0 Å². The van der Waals surface area contributed by atoms with Crippen LogP contribution in [0.25, 0.3) is 0 Å². The Morgan fingerprint density at radius 1 is 1.41 bits per heavy atom. The Balaban J connectivity index is 2.21. The maximum atomic E-state index is 6.15. The molecule has 94 valence electrons. The summed E-state index contributed by atoms with van der Waals surface area (Å²) < 4.78 is 5.72. The molecule has 2 nitrogen and oxygen atoms in total. The highest BCUT2D eigenvalue weighted by Crippen LogP contribution is 2.34. The van der Waals surface area contributed by atoms with Crippen LogP contribution in [0.3, 0.4) is 0 Å². The molecule has 1 aliphatic rings. The van der Waals surface area contributed by atoms with Crippen molar-refractivity contribution in [3.05, 3.63) is 28.3 Å². The largest absolute Gasteiger partial charge is 0.493 e. The van der Waals surface area contributed by atoms with Crippen molar-refractivity contribution in [2.45, 2.75) is 32.7 Å². The van der Waals surface area contributed by atoms with E-state index in [0.717, 1.165) is 30.2 Å². The molecule has 0 amide bonds. The molecule has 17 heavy (non-hydrogen) atoms. The van der Waals surface area contributed by atoms with Gasteiger partial charge < -0.3 is 10.1 Å². The molecular formula is C14H20ClNO. The molecule has 0 bridgehead atoms. The number of rotatable bonds is 4. The lowest BCUT2D eigenvalue weighted by molar-refractivity contribution is 0.348. The molecule has 0 saturated heterocycles. The molecule has 2 rings (SSSR count). The highest BCUT2D eigenvalue weighted by atomic mass is 35.5. The van der Waals surface area contributed by atoms with Crippen molar-refractivity contribution in [3.63, 3.8) is 0 Å². The Morgan fingerprint density at radius 2 is 2.18 bits per heavy atom. The summed E-state index contributed by atoms with van der Waals surface area (Å²) >= 11 is 6.15. The van der Waals surface area contributed by atoms with Gasteiger partial charge in [0.15, 0.2) is 0 Å². The van der Waals surface area contributed by atoms with E-state index in [9.17, 15) is 0 Å². The van der Waals surface area contributed by atoms with Crippen LogP contribution < -0.4 is 10.1 Å². The third-order valence-corrected chi connectivity index (χ3v) is 3.89. The van der Waals surface area contributed by atoms with Gasteiger partial charge in [-0.25, -0.2) is 0 Å². The summed E-state index contributed by atoms with van der Waals surface area (Å²) in [7, 11) is 2.00. The summed E-state index contributed by atoms with van der Waals surface area (Å²) in [6, 6.07) is 4.57. The number of nitrogens with one attached hydrogen (secondary N) is 1. The average molecular weight is 254 g/mol. The second-order valence-corrected chi connectivity index (χ2v) is 5.35. The molecule has 0 aliphatic carbocycles. The zero-order valence-electron chi connectivity index (χ0n) is 10.7. The first-order valence-corrected chi connectivity index (χ1v) is 6.61. The second kappa shape index (κ2) is 5.28. The van der Waals surface area contributed by atoms with E-state index < -0.39 is 0 Å². The lowest BCUT2D eigenvalue weighted by Gasteiger charge is -2.20. The fourth-order valence-electron chi connectivity index (χ4n) is 2.31. The van der Waals surface area contributed by atoms with Gasteiger partial charge in [-0.05, 0) is 49.6 Å². The van der Waals surface area contributed by atoms with Crippen molar-refractivity contribution < 1.29 is 4.74 Å². The molecule has 1 aromatic carbocycles. The molecule has 1 N–H and O–H groups in total. The Labute approximate surface area is 108 Å². The van der Waals surface area contributed by atoms with E-state index in [1.54, 1.807) is 0 Å². The van der Waals surface area contributed by atoms with E-state index >= 15 is 0 Å². The number of hydrogen-bond donors (Lipinski definition) is 1. The monoisotopic (exact) mass is 253 g/mol. The van der Waals surface area contributed by atoms with E-state index in [4.69, 9.17) is 16.3 Å². The van der Waals surface area contributed by atoms with Gasteiger partial charge in [-0.1, -0.05) is 18.5 Å². The highest BCUT2D eigenvalue weighted by molar-refractivity contribution is 6.30. The molecule has 1 heterocycles. The highest BCUT2D eigenvalue weighted by Gasteiger charge is 2.20. The maximum absolute atomic E-state index is 6.15. The number of fused-ring (bicyclic) bond motifs is 1. The Kier molecular flexibility index (Phi) is 3.95. The zero-order chi connectivity index (χ0) is 12.4. The van der Waals surface area contributed by atoms with Gasteiger partial charge in [-0.3, -0.25) is 0 Å². The van der Waals surface area contributed by atoms with Crippen LogP contribution in [0.2, 0.25) is 5.02 Å². The number of benzene rings is 1. The summed E-state index contributed by atoms with van der Waals surface area (Å²) in [4.78, 5) is 0. The van der Waals surface area contributed by atoms with Crippen LogP contribution >= 0.6 is 11.6 Å². The molecule has 0 spiro atoms. The first kappa shape index (κ1) is 12.7. The lowest BCUT2D eigenvalue weighted by Crippen LogP contribution is -2.29. The first-order valence-electron chi connectivity index (χ1n) is 6.23. The number of ether oxygens (including phenoxy) is 1. The first-order chi connectivity index (χ1) is 8.11. The van der Waals surface area contributed by atoms with Gasteiger partial charge in [0.1, 0.15) is 5.75 Å². The summed E-state index contributed by atoms with van der Waals surface area (Å²) in [6.07, 6.45) is 1.99. The minimum atomic E-state index is 0.492. The third-order valence-electron chi connectivity index (χ3n) is 3.68. The van der Waals surface area contributed by atoms with E-state index in [1.807, 2.05) is 19.2 Å². The molecule has 2 atom stereocenters. The average Bonchev–Trinajstić information content (AvgIpc) is 2.75. The molecule has 1 aromatic rings. The smallest absolute Gasteiger partial charge is 0.125 e.